The van der Waals surface area contributed by atoms with Crippen LogP contribution in [0.3, 0.4) is 0 Å². The van der Waals surface area contributed by atoms with Crippen LogP contribution in [0.15, 0.2) is 96.1 Å². The summed E-state index contributed by atoms with van der Waals surface area (Å²) >= 11 is -0.826. The minimum atomic E-state index is -2.11. The molecule has 2 unspecified atom stereocenters. The molecule has 0 fully saturated rings. The molecule has 0 aromatic heterocycles. The molecule has 300 valence electrons. The zero-order valence-corrected chi connectivity index (χ0v) is 41.9. The van der Waals surface area contributed by atoms with E-state index in [1.807, 2.05) is 0 Å². The molecule has 4 heteroatoms. The Labute approximate surface area is 363 Å². The van der Waals surface area contributed by atoms with Crippen molar-refractivity contribution in [2.75, 3.05) is 0 Å². The Hall–Kier alpha value is -1.96. The Morgan fingerprint density at radius 1 is 0.607 bits per heavy atom. The minimum absolute atomic E-state index is 0. The van der Waals surface area contributed by atoms with Gasteiger partial charge in [-0.05, 0) is 79.3 Å². The van der Waals surface area contributed by atoms with Gasteiger partial charge in [0.1, 0.15) is 0 Å². The molecular weight excluding hydrogens is 815 g/mol. The van der Waals surface area contributed by atoms with Gasteiger partial charge in [0, 0.05) is 11.1 Å². The van der Waals surface area contributed by atoms with Crippen LogP contribution in [0, 0.1) is 20.8 Å². The summed E-state index contributed by atoms with van der Waals surface area (Å²) in [6.45, 7) is 26.1. The van der Waals surface area contributed by atoms with Crippen molar-refractivity contribution in [1.82, 2.24) is 0 Å². The number of halogens is 2. The molecule has 2 atom stereocenters. The van der Waals surface area contributed by atoms with Crippen molar-refractivity contribution in [3.05, 3.63) is 144 Å². The standard InChI is InChI=1S/C50H64Si.2CH3.2ClH.Zr/c1-12-14-30-51(31-15-13-2,47-35(5)32-45-40(18-16-20-42(45)47)36-22-26-38(27-23-36)49(6,7)8)48-43-21-17-19-41(46(43)33-44(48)34(3)4)37-24-28-39(29-25-37)50(9,10)11;;;;;/h16-29,32-34,47-48H,12-15,30-31H2,1-11H3;2*1H3;2*1H;/q;2*-1;;;+4/p-2. The SMILES string of the molecule is CCCC[Si](CCCC)(C1C(C)=Cc2c(-c3ccc(C(C)(C)C)cc3)cccc21)C1C(C(C)C)=Cc2c(-c3ccc(C(C)(C)C)cc3)cccc21.[CH3-].[CH3-].[Cl][Zr+2][Cl]. The van der Waals surface area contributed by atoms with Gasteiger partial charge in [0.15, 0.2) is 0 Å². The summed E-state index contributed by atoms with van der Waals surface area (Å²) in [5.74, 6) is 0.506. The molecule has 4 aromatic rings. The van der Waals surface area contributed by atoms with Crippen LogP contribution in [0.2, 0.25) is 12.1 Å². The molecule has 56 heavy (non-hydrogen) atoms. The molecule has 0 spiro atoms. The third kappa shape index (κ3) is 10.1. The van der Waals surface area contributed by atoms with E-state index < -0.39 is 28.9 Å². The first-order chi connectivity index (χ1) is 25.6. The third-order valence-corrected chi connectivity index (χ3v) is 18.6. The molecule has 0 bridgehead atoms. The van der Waals surface area contributed by atoms with Crippen molar-refractivity contribution in [3.63, 3.8) is 0 Å². The van der Waals surface area contributed by atoms with E-state index in [4.69, 9.17) is 17.0 Å². The molecule has 0 nitrogen and oxygen atoms in total. The molecule has 0 amide bonds. The third-order valence-electron chi connectivity index (χ3n) is 12.3. The van der Waals surface area contributed by atoms with Gasteiger partial charge in [-0.25, -0.2) is 0 Å². The Bertz CT molecular complexity index is 1930. The summed E-state index contributed by atoms with van der Waals surface area (Å²) in [6.07, 6.45) is 10.4. The van der Waals surface area contributed by atoms with Gasteiger partial charge in [-0.15, -0.1) is 0 Å². The summed E-state index contributed by atoms with van der Waals surface area (Å²) in [6, 6.07) is 36.2. The first-order valence-electron chi connectivity index (χ1n) is 20.5. The Balaban J connectivity index is 0.00000163. The van der Waals surface area contributed by atoms with E-state index >= 15 is 0 Å². The molecule has 0 N–H and O–H groups in total. The second kappa shape index (κ2) is 20.3. The van der Waals surface area contributed by atoms with Gasteiger partial charge >= 0.3 is 37.9 Å². The summed E-state index contributed by atoms with van der Waals surface area (Å²) in [7, 11) is 7.75. The van der Waals surface area contributed by atoms with E-state index in [2.05, 4.69) is 173 Å². The van der Waals surface area contributed by atoms with Crippen LogP contribution in [-0.4, -0.2) is 8.07 Å². The molecule has 2 aliphatic carbocycles. The predicted octanol–water partition coefficient (Wildman–Crippen LogP) is 17.4. The van der Waals surface area contributed by atoms with Crippen LogP contribution < -0.4 is 0 Å². The molecule has 0 saturated heterocycles. The van der Waals surface area contributed by atoms with Crippen molar-refractivity contribution >= 4 is 37.3 Å². The first-order valence-corrected chi connectivity index (χ1v) is 29.4. The fourth-order valence-corrected chi connectivity index (χ4v) is 17.1. The molecular formula is C52H70Cl2SiZr. The average Bonchev–Trinajstić information content (AvgIpc) is 3.70. The number of fused-ring (bicyclic) bond motifs is 2. The molecule has 0 radical (unpaired) electrons. The number of rotatable bonds is 11. The quantitative estimate of drug-likeness (QED) is 0.104. The summed E-state index contributed by atoms with van der Waals surface area (Å²) in [4.78, 5) is 0. The van der Waals surface area contributed by atoms with Gasteiger partial charge in [-0.2, -0.15) is 0 Å². The maximum absolute atomic E-state index is 4.93. The van der Waals surface area contributed by atoms with Crippen LogP contribution in [0.1, 0.15) is 146 Å². The number of allylic oxidation sites excluding steroid dienone is 2. The van der Waals surface area contributed by atoms with Gasteiger partial charge in [0.05, 0.1) is 8.07 Å². The maximum atomic E-state index is 4.93. The molecule has 6 rings (SSSR count). The van der Waals surface area contributed by atoms with Crippen LogP contribution in [0.25, 0.3) is 34.4 Å². The van der Waals surface area contributed by atoms with Crippen molar-refractivity contribution in [1.29, 1.82) is 0 Å². The number of hydrogen-bond acceptors (Lipinski definition) is 0. The number of unbranched alkanes of at least 4 members (excludes halogenated alkanes) is 2. The van der Waals surface area contributed by atoms with Gasteiger partial charge in [-0.3, -0.25) is 0 Å². The van der Waals surface area contributed by atoms with Crippen molar-refractivity contribution in [2.24, 2.45) is 5.92 Å². The number of benzene rings is 4. The van der Waals surface area contributed by atoms with Gasteiger partial charge in [0.2, 0.25) is 0 Å². The van der Waals surface area contributed by atoms with Crippen molar-refractivity contribution in [2.45, 2.75) is 136 Å². The van der Waals surface area contributed by atoms with Crippen LogP contribution in [-0.2, 0) is 31.7 Å². The molecule has 2 aliphatic rings. The molecule has 0 heterocycles. The monoisotopic (exact) mass is 882 g/mol. The van der Waals surface area contributed by atoms with Crippen LogP contribution in [0.4, 0.5) is 0 Å². The molecule has 0 saturated carbocycles. The number of hydrogen-bond donors (Lipinski definition) is 0. The van der Waals surface area contributed by atoms with E-state index in [0.717, 1.165) is 0 Å². The van der Waals surface area contributed by atoms with E-state index in [0.29, 0.717) is 17.0 Å². The van der Waals surface area contributed by atoms with Crippen LogP contribution >= 0.6 is 17.0 Å². The second-order valence-electron chi connectivity index (χ2n) is 18.3. The summed E-state index contributed by atoms with van der Waals surface area (Å²) < 4.78 is 0. The first kappa shape index (κ1) is 48.4. The Kier molecular flexibility index (Phi) is 17.6. The fourth-order valence-electron chi connectivity index (χ4n) is 9.57. The second-order valence-corrected chi connectivity index (χ2v) is 26.7. The van der Waals surface area contributed by atoms with Crippen molar-refractivity contribution in [3.8, 4) is 22.3 Å². The van der Waals surface area contributed by atoms with E-state index in [-0.39, 0.29) is 25.7 Å². The van der Waals surface area contributed by atoms with E-state index in [1.54, 1.807) is 22.3 Å². The van der Waals surface area contributed by atoms with Crippen LogP contribution in [0.5, 0.6) is 0 Å². The molecule has 0 aliphatic heterocycles. The zero-order chi connectivity index (χ0) is 39.4. The Morgan fingerprint density at radius 2 is 1.00 bits per heavy atom. The van der Waals surface area contributed by atoms with E-state index in [9.17, 15) is 0 Å². The summed E-state index contributed by atoms with van der Waals surface area (Å²) in [5, 5.41) is 0. The normalized spacial score (nSPS) is 16.0. The summed E-state index contributed by atoms with van der Waals surface area (Å²) in [5.41, 5.74) is 19.1. The zero-order valence-electron chi connectivity index (χ0n) is 37.0. The van der Waals surface area contributed by atoms with Gasteiger partial charge < -0.3 is 14.9 Å². The fraction of sp³-hybridized carbons (Fsp3) is 0.423. The Morgan fingerprint density at radius 3 is 1.38 bits per heavy atom. The average molecular weight is 885 g/mol. The van der Waals surface area contributed by atoms with E-state index in [1.165, 1.54) is 82.3 Å². The van der Waals surface area contributed by atoms with Crippen molar-refractivity contribution < 1.29 is 20.8 Å². The van der Waals surface area contributed by atoms with Gasteiger partial charge in [0.25, 0.3) is 0 Å². The predicted molar refractivity (Wildman–Crippen MR) is 253 cm³/mol. The molecule has 4 aromatic carbocycles. The van der Waals surface area contributed by atoms with Gasteiger partial charge in [-0.1, -0.05) is 215 Å². The topological polar surface area (TPSA) is 0 Å².